The molecule has 0 spiro atoms. The number of pyridine rings is 1. The number of hydrogen-bond donors (Lipinski definition) is 1. The Morgan fingerprint density at radius 2 is 2.00 bits per heavy atom. The molecule has 0 aromatic carbocycles. The molecule has 1 aromatic rings. The number of carbonyl (C=O) groups excluding carboxylic acids is 2. The molecule has 2 heterocycles. The molecule has 0 bridgehead atoms. The first-order chi connectivity index (χ1) is 11.3. The summed E-state index contributed by atoms with van der Waals surface area (Å²) in [5, 5.41) is 2.81. The molecule has 1 aliphatic heterocycles. The minimum atomic E-state index is -3.07. The van der Waals surface area contributed by atoms with Crippen molar-refractivity contribution in [3.8, 4) is 0 Å². The Hall–Kier alpha value is -1.96. The van der Waals surface area contributed by atoms with Gasteiger partial charge in [0, 0.05) is 32.0 Å². The van der Waals surface area contributed by atoms with Gasteiger partial charge in [0.25, 0.3) is 0 Å². The Kier molecular flexibility index (Phi) is 4.33. The molecule has 8 heteroatoms. The van der Waals surface area contributed by atoms with E-state index in [9.17, 15) is 18.0 Å². The Labute approximate surface area is 141 Å². The van der Waals surface area contributed by atoms with Crippen LogP contribution in [0.3, 0.4) is 0 Å². The number of carbonyl (C=O) groups is 2. The van der Waals surface area contributed by atoms with E-state index >= 15 is 0 Å². The van der Waals surface area contributed by atoms with Crippen LogP contribution in [0.2, 0.25) is 0 Å². The van der Waals surface area contributed by atoms with Crippen LogP contribution in [0.1, 0.15) is 24.8 Å². The average molecular weight is 351 g/mol. The van der Waals surface area contributed by atoms with Crippen molar-refractivity contribution >= 4 is 21.7 Å². The number of amides is 2. The van der Waals surface area contributed by atoms with Crippen LogP contribution >= 0.6 is 0 Å². The average Bonchev–Trinajstić information content (AvgIpc) is 3.30. The van der Waals surface area contributed by atoms with Gasteiger partial charge in [-0.15, -0.1) is 0 Å². The molecular formula is C16H21N3O4S. The van der Waals surface area contributed by atoms with Crippen molar-refractivity contribution in [2.75, 3.05) is 18.6 Å². The van der Waals surface area contributed by atoms with Crippen LogP contribution in [0.4, 0.5) is 0 Å². The summed E-state index contributed by atoms with van der Waals surface area (Å²) in [6.07, 6.45) is 4.76. The lowest BCUT2D eigenvalue weighted by Crippen LogP contribution is -2.47. The maximum atomic E-state index is 12.7. The van der Waals surface area contributed by atoms with E-state index in [4.69, 9.17) is 0 Å². The number of hydrogen-bond acceptors (Lipinski definition) is 5. The van der Waals surface area contributed by atoms with E-state index < -0.39 is 15.3 Å². The quantitative estimate of drug-likeness (QED) is 0.760. The summed E-state index contributed by atoms with van der Waals surface area (Å²) in [7, 11) is -1.46. The van der Waals surface area contributed by atoms with Crippen molar-refractivity contribution in [1.82, 2.24) is 15.2 Å². The van der Waals surface area contributed by atoms with Crippen molar-refractivity contribution in [1.29, 1.82) is 0 Å². The first-order valence-corrected chi connectivity index (χ1v) is 9.81. The fraction of sp³-hybridized carbons (Fsp3) is 0.562. The molecular weight excluding hydrogens is 330 g/mol. The molecule has 1 unspecified atom stereocenters. The van der Waals surface area contributed by atoms with E-state index in [1.54, 1.807) is 31.6 Å². The monoisotopic (exact) mass is 351 g/mol. The largest absolute Gasteiger partial charge is 0.351 e. The van der Waals surface area contributed by atoms with Crippen LogP contribution in [0.15, 0.2) is 24.5 Å². The fourth-order valence-corrected chi connectivity index (χ4v) is 4.87. The van der Waals surface area contributed by atoms with Gasteiger partial charge in [-0.3, -0.25) is 14.6 Å². The highest BCUT2D eigenvalue weighted by atomic mass is 32.2. The summed E-state index contributed by atoms with van der Waals surface area (Å²) in [6.45, 7) is 0.345. The maximum absolute atomic E-state index is 12.7. The summed E-state index contributed by atoms with van der Waals surface area (Å²) in [5.74, 6) is -0.450. The lowest BCUT2D eigenvalue weighted by atomic mass is 10.0. The zero-order chi connectivity index (χ0) is 17.4. The first-order valence-electron chi connectivity index (χ1n) is 7.99. The second-order valence-corrected chi connectivity index (χ2v) is 8.82. The predicted molar refractivity (Wildman–Crippen MR) is 87.6 cm³/mol. The van der Waals surface area contributed by atoms with Crippen molar-refractivity contribution in [2.45, 2.75) is 31.8 Å². The van der Waals surface area contributed by atoms with Crippen molar-refractivity contribution in [3.63, 3.8) is 0 Å². The predicted octanol–water partition coefficient (Wildman–Crippen LogP) is 0.123. The van der Waals surface area contributed by atoms with Crippen molar-refractivity contribution < 1.29 is 18.0 Å². The van der Waals surface area contributed by atoms with E-state index in [1.807, 2.05) is 0 Å². The number of aromatic nitrogens is 1. The smallest absolute Gasteiger partial charge is 0.238 e. The highest BCUT2D eigenvalue weighted by Crippen LogP contribution is 2.48. The normalized spacial score (nSPS) is 23.5. The molecule has 2 amide bonds. The highest BCUT2D eigenvalue weighted by Gasteiger charge is 2.58. The standard InChI is InChI=1S/C16H21N3O4S/c1-19(13-4-9-24(22,23)11-13)15(21)16(5-6-16)14(20)18-10-12-2-7-17-8-3-12/h2-3,7-8,13H,4-6,9-11H2,1H3,(H,18,20). The molecule has 1 saturated carbocycles. The number of sulfone groups is 1. The van der Waals surface area contributed by atoms with E-state index in [2.05, 4.69) is 10.3 Å². The van der Waals surface area contributed by atoms with Gasteiger partial charge < -0.3 is 10.2 Å². The Balaban J connectivity index is 1.62. The van der Waals surface area contributed by atoms with Crippen LogP contribution in [-0.4, -0.2) is 54.7 Å². The van der Waals surface area contributed by atoms with Gasteiger partial charge in [-0.25, -0.2) is 8.42 Å². The fourth-order valence-electron chi connectivity index (χ4n) is 3.10. The summed E-state index contributed by atoms with van der Waals surface area (Å²) in [5.41, 5.74) is -0.106. The topological polar surface area (TPSA) is 96.4 Å². The molecule has 1 aromatic heterocycles. The maximum Gasteiger partial charge on any atom is 0.238 e. The van der Waals surface area contributed by atoms with Crippen molar-refractivity contribution in [3.05, 3.63) is 30.1 Å². The van der Waals surface area contributed by atoms with Crippen molar-refractivity contribution in [2.24, 2.45) is 5.41 Å². The van der Waals surface area contributed by atoms with Crippen LogP contribution in [0.25, 0.3) is 0 Å². The third-order valence-corrected chi connectivity index (χ3v) is 6.62. The van der Waals surface area contributed by atoms with Gasteiger partial charge in [-0.1, -0.05) is 0 Å². The number of nitrogens with zero attached hydrogens (tertiary/aromatic N) is 2. The van der Waals surface area contributed by atoms with Gasteiger partial charge in [0.2, 0.25) is 11.8 Å². The molecule has 0 radical (unpaired) electrons. The SMILES string of the molecule is CN(C(=O)C1(C(=O)NCc2ccncc2)CC1)C1CCS(=O)(=O)C1. The van der Waals surface area contributed by atoms with Gasteiger partial charge in [-0.05, 0) is 37.0 Å². The third-order valence-electron chi connectivity index (χ3n) is 4.87. The molecule has 7 nitrogen and oxygen atoms in total. The van der Waals surface area contributed by atoms with Crippen LogP contribution in [-0.2, 0) is 26.0 Å². The molecule has 2 fully saturated rings. The molecule has 24 heavy (non-hydrogen) atoms. The minimum Gasteiger partial charge on any atom is -0.351 e. The number of nitrogens with one attached hydrogen (secondary N) is 1. The Morgan fingerprint density at radius 1 is 1.33 bits per heavy atom. The Bertz CT molecular complexity index is 744. The molecule has 1 N–H and O–H groups in total. The van der Waals surface area contributed by atoms with Gasteiger partial charge in [0.05, 0.1) is 11.5 Å². The Morgan fingerprint density at radius 3 is 2.54 bits per heavy atom. The molecule has 2 aliphatic rings. The zero-order valence-corrected chi connectivity index (χ0v) is 14.4. The summed E-state index contributed by atoms with van der Waals surface area (Å²) < 4.78 is 23.2. The minimum absolute atomic E-state index is 0.00997. The first kappa shape index (κ1) is 16.9. The highest BCUT2D eigenvalue weighted by molar-refractivity contribution is 7.91. The van der Waals surface area contributed by atoms with E-state index in [-0.39, 0.29) is 29.4 Å². The van der Waals surface area contributed by atoms with E-state index in [0.29, 0.717) is 25.8 Å². The number of rotatable bonds is 5. The lowest BCUT2D eigenvalue weighted by Gasteiger charge is -2.27. The molecule has 3 rings (SSSR count). The summed E-state index contributed by atoms with van der Waals surface area (Å²) >= 11 is 0. The van der Waals surface area contributed by atoms with Gasteiger partial charge in [0.1, 0.15) is 5.41 Å². The van der Waals surface area contributed by atoms with Crippen LogP contribution in [0, 0.1) is 5.41 Å². The lowest BCUT2D eigenvalue weighted by molar-refractivity contribution is -0.144. The second kappa shape index (κ2) is 6.16. The van der Waals surface area contributed by atoms with Crippen LogP contribution < -0.4 is 5.32 Å². The van der Waals surface area contributed by atoms with Crippen LogP contribution in [0.5, 0.6) is 0 Å². The molecule has 1 atom stereocenters. The molecule has 1 saturated heterocycles. The van der Waals surface area contributed by atoms with Gasteiger partial charge in [0.15, 0.2) is 9.84 Å². The van der Waals surface area contributed by atoms with E-state index in [1.165, 1.54) is 4.90 Å². The zero-order valence-electron chi connectivity index (χ0n) is 13.6. The van der Waals surface area contributed by atoms with Gasteiger partial charge >= 0.3 is 0 Å². The van der Waals surface area contributed by atoms with E-state index in [0.717, 1.165) is 5.56 Å². The third kappa shape index (κ3) is 3.28. The summed E-state index contributed by atoms with van der Waals surface area (Å²) in [6, 6.07) is 3.28. The molecule has 130 valence electrons. The molecule has 1 aliphatic carbocycles. The second-order valence-electron chi connectivity index (χ2n) is 6.59. The summed E-state index contributed by atoms with van der Waals surface area (Å²) in [4.78, 5) is 30.6. The van der Waals surface area contributed by atoms with Gasteiger partial charge in [-0.2, -0.15) is 0 Å².